The van der Waals surface area contributed by atoms with E-state index in [0.29, 0.717) is 12.1 Å². The summed E-state index contributed by atoms with van der Waals surface area (Å²) in [4.78, 5) is 0. The second-order valence-electron chi connectivity index (χ2n) is 3.93. The largest absolute Gasteiger partial charge is 0.398 e. The molecule has 0 aliphatic heterocycles. The summed E-state index contributed by atoms with van der Waals surface area (Å²) >= 11 is 0. The van der Waals surface area contributed by atoms with E-state index >= 15 is 0 Å². The molecule has 0 saturated heterocycles. The van der Waals surface area contributed by atoms with E-state index < -0.39 is 5.54 Å². The van der Waals surface area contributed by atoms with Crippen molar-refractivity contribution in [1.82, 2.24) is 0 Å². The van der Waals surface area contributed by atoms with Crippen molar-refractivity contribution in [2.75, 3.05) is 12.3 Å². The van der Waals surface area contributed by atoms with Crippen LogP contribution in [0.2, 0.25) is 0 Å². The molecule has 0 spiro atoms. The fourth-order valence-corrected chi connectivity index (χ4v) is 1.83. The van der Waals surface area contributed by atoms with Crippen LogP contribution in [-0.2, 0) is 5.54 Å². The van der Waals surface area contributed by atoms with E-state index in [-0.39, 0.29) is 6.61 Å². The second kappa shape index (κ2) is 3.98. The fourth-order valence-electron chi connectivity index (χ4n) is 1.83. The topological polar surface area (TPSA) is 72.3 Å². The zero-order valence-electron chi connectivity index (χ0n) is 8.75. The minimum Gasteiger partial charge on any atom is -0.398 e. The first-order chi connectivity index (χ1) is 6.49. The van der Waals surface area contributed by atoms with Crippen molar-refractivity contribution in [3.63, 3.8) is 0 Å². The lowest BCUT2D eigenvalue weighted by Gasteiger charge is -2.27. The molecule has 14 heavy (non-hydrogen) atoms. The van der Waals surface area contributed by atoms with Crippen molar-refractivity contribution in [2.45, 2.75) is 25.8 Å². The predicted molar refractivity (Wildman–Crippen MR) is 58.8 cm³/mol. The zero-order valence-corrected chi connectivity index (χ0v) is 8.75. The predicted octanol–water partition coefficient (Wildman–Crippen LogP) is 1.13. The summed E-state index contributed by atoms with van der Waals surface area (Å²) in [5.74, 6) is 0. The van der Waals surface area contributed by atoms with Crippen LogP contribution in [0, 0.1) is 6.92 Å². The molecule has 1 atom stereocenters. The van der Waals surface area contributed by atoms with Crippen molar-refractivity contribution in [3.05, 3.63) is 29.3 Å². The summed E-state index contributed by atoms with van der Waals surface area (Å²) in [5, 5.41) is 8.92. The average Bonchev–Trinajstić information content (AvgIpc) is 2.02. The number of hydrogen-bond donors (Lipinski definition) is 3. The number of nitrogens with two attached hydrogens (primary N) is 2. The van der Waals surface area contributed by atoms with Gasteiger partial charge < -0.3 is 16.6 Å². The lowest BCUT2D eigenvalue weighted by atomic mass is 9.86. The molecular formula is C11H18N2O. The quantitative estimate of drug-likeness (QED) is 0.632. The molecule has 0 bridgehead atoms. The maximum absolute atomic E-state index is 8.92. The SMILES string of the molecule is Cc1cccc(N)c1[C@](C)(N)CCO. The van der Waals surface area contributed by atoms with Crippen molar-refractivity contribution >= 4 is 5.69 Å². The molecule has 3 nitrogen and oxygen atoms in total. The Balaban J connectivity index is 3.17. The molecule has 0 aliphatic carbocycles. The van der Waals surface area contributed by atoms with Gasteiger partial charge in [-0.1, -0.05) is 12.1 Å². The van der Waals surface area contributed by atoms with Crippen molar-refractivity contribution in [3.8, 4) is 0 Å². The Morgan fingerprint density at radius 3 is 2.57 bits per heavy atom. The van der Waals surface area contributed by atoms with Gasteiger partial charge in [0, 0.05) is 17.8 Å². The van der Waals surface area contributed by atoms with Crippen molar-refractivity contribution in [2.24, 2.45) is 5.73 Å². The van der Waals surface area contributed by atoms with E-state index in [0.717, 1.165) is 11.1 Å². The highest BCUT2D eigenvalue weighted by Crippen LogP contribution is 2.29. The number of rotatable bonds is 3. The van der Waals surface area contributed by atoms with Crippen LogP contribution in [-0.4, -0.2) is 11.7 Å². The Kier molecular flexibility index (Phi) is 3.13. The van der Waals surface area contributed by atoms with Crippen LogP contribution in [0.4, 0.5) is 5.69 Å². The number of hydrogen-bond acceptors (Lipinski definition) is 3. The smallest absolute Gasteiger partial charge is 0.0451 e. The lowest BCUT2D eigenvalue weighted by Crippen LogP contribution is -2.35. The summed E-state index contributed by atoms with van der Waals surface area (Å²) in [5.41, 5.74) is 14.1. The fraction of sp³-hybridized carbons (Fsp3) is 0.455. The van der Waals surface area contributed by atoms with Crippen LogP contribution >= 0.6 is 0 Å². The van der Waals surface area contributed by atoms with E-state index in [2.05, 4.69) is 0 Å². The molecule has 0 unspecified atom stereocenters. The normalized spacial score (nSPS) is 15.1. The molecule has 1 aromatic carbocycles. The first kappa shape index (κ1) is 11.0. The molecule has 0 fully saturated rings. The van der Waals surface area contributed by atoms with Crippen LogP contribution in [0.25, 0.3) is 0 Å². The summed E-state index contributed by atoms with van der Waals surface area (Å²) in [6, 6.07) is 5.72. The van der Waals surface area contributed by atoms with Gasteiger partial charge in [-0.15, -0.1) is 0 Å². The van der Waals surface area contributed by atoms with Gasteiger partial charge in [0.25, 0.3) is 0 Å². The molecule has 0 aliphatic rings. The molecule has 1 rings (SSSR count). The highest BCUT2D eigenvalue weighted by Gasteiger charge is 2.24. The van der Waals surface area contributed by atoms with Crippen LogP contribution in [0.5, 0.6) is 0 Å². The van der Waals surface area contributed by atoms with E-state index in [9.17, 15) is 0 Å². The Morgan fingerprint density at radius 1 is 1.43 bits per heavy atom. The van der Waals surface area contributed by atoms with Gasteiger partial charge in [0.05, 0.1) is 0 Å². The van der Waals surface area contributed by atoms with Crippen LogP contribution in [0.1, 0.15) is 24.5 Å². The summed E-state index contributed by atoms with van der Waals surface area (Å²) in [6.07, 6.45) is 0.516. The van der Waals surface area contributed by atoms with Crippen LogP contribution in [0.3, 0.4) is 0 Å². The molecule has 0 amide bonds. The Labute approximate surface area is 84.7 Å². The number of aliphatic hydroxyl groups excluding tert-OH is 1. The Morgan fingerprint density at radius 2 is 2.07 bits per heavy atom. The summed E-state index contributed by atoms with van der Waals surface area (Å²) in [7, 11) is 0. The third-order valence-electron chi connectivity index (χ3n) is 2.51. The van der Waals surface area contributed by atoms with Gasteiger partial charge in [-0.25, -0.2) is 0 Å². The molecule has 78 valence electrons. The van der Waals surface area contributed by atoms with Gasteiger partial charge in [0.2, 0.25) is 0 Å². The van der Waals surface area contributed by atoms with Gasteiger partial charge in [-0.2, -0.15) is 0 Å². The molecule has 5 N–H and O–H groups in total. The number of aryl methyl sites for hydroxylation is 1. The van der Waals surface area contributed by atoms with E-state index in [1.165, 1.54) is 0 Å². The second-order valence-corrected chi connectivity index (χ2v) is 3.93. The number of benzene rings is 1. The molecular weight excluding hydrogens is 176 g/mol. The standard InChI is InChI=1S/C11H18N2O/c1-8-4-3-5-9(12)10(8)11(2,13)6-7-14/h3-5,14H,6-7,12-13H2,1-2H3/t11-/m1/s1. The highest BCUT2D eigenvalue weighted by molar-refractivity contribution is 5.54. The summed E-state index contributed by atoms with van der Waals surface area (Å²) < 4.78 is 0. The van der Waals surface area contributed by atoms with Crippen molar-refractivity contribution < 1.29 is 5.11 Å². The zero-order chi connectivity index (χ0) is 10.8. The number of aliphatic hydroxyl groups is 1. The number of nitrogen functional groups attached to an aromatic ring is 1. The summed E-state index contributed by atoms with van der Waals surface area (Å²) in [6.45, 7) is 3.94. The highest BCUT2D eigenvalue weighted by atomic mass is 16.3. The van der Waals surface area contributed by atoms with E-state index in [4.69, 9.17) is 16.6 Å². The lowest BCUT2D eigenvalue weighted by molar-refractivity contribution is 0.247. The monoisotopic (exact) mass is 194 g/mol. The average molecular weight is 194 g/mol. The van der Waals surface area contributed by atoms with E-state index in [1.54, 1.807) is 0 Å². The third-order valence-corrected chi connectivity index (χ3v) is 2.51. The maximum Gasteiger partial charge on any atom is 0.0451 e. The maximum atomic E-state index is 8.92. The third kappa shape index (κ3) is 2.05. The number of anilines is 1. The minimum atomic E-state index is -0.551. The molecule has 0 aromatic heterocycles. The van der Waals surface area contributed by atoms with Gasteiger partial charge in [0.1, 0.15) is 0 Å². The van der Waals surface area contributed by atoms with Gasteiger partial charge in [0.15, 0.2) is 0 Å². The molecule has 0 radical (unpaired) electrons. The van der Waals surface area contributed by atoms with Gasteiger partial charge in [-0.3, -0.25) is 0 Å². The molecule has 1 aromatic rings. The Bertz CT molecular complexity index is 301. The van der Waals surface area contributed by atoms with E-state index in [1.807, 2.05) is 32.0 Å². The minimum absolute atomic E-state index is 0.0702. The van der Waals surface area contributed by atoms with Crippen LogP contribution in [0.15, 0.2) is 18.2 Å². The first-order valence-corrected chi connectivity index (χ1v) is 4.74. The molecule has 3 heteroatoms. The van der Waals surface area contributed by atoms with Gasteiger partial charge in [-0.05, 0) is 37.5 Å². The van der Waals surface area contributed by atoms with Crippen LogP contribution < -0.4 is 11.5 Å². The Hall–Kier alpha value is -1.06. The first-order valence-electron chi connectivity index (χ1n) is 4.74. The molecule has 0 heterocycles. The molecule has 0 saturated carbocycles. The van der Waals surface area contributed by atoms with Crippen molar-refractivity contribution in [1.29, 1.82) is 0 Å². The van der Waals surface area contributed by atoms with Gasteiger partial charge >= 0.3 is 0 Å².